The molecule has 0 saturated carbocycles. The Balaban J connectivity index is 2.07. The van der Waals surface area contributed by atoms with Crippen LogP contribution in [0.3, 0.4) is 0 Å². The van der Waals surface area contributed by atoms with E-state index in [4.69, 9.17) is 34.8 Å². The van der Waals surface area contributed by atoms with Gasteiger partial charge < -0.3 is 10.2 Å². The molecular weight excluding hydrogens is 463 g/mol. The van der Waals surface area contributed by atoms with Crippen molar-refractivity contribution < 1.29 is 9.59 Å². The molecule has 2 rings (SSSR count). The summed E-state index contributed by atoms with van der Waals surface area (Å²) in [6.07, 6.45) is 0.830. The minimum atomic E-state index is -0.606. The fraction of sp³-hybridized carbons (Fsp3) is 0.364. The van der Waals surface area contributed by atoms with E-state index in [1.54, 1.807) is 30.0 Å². The first kappa shape index (κ1) is 24.9. The molecule has 0 heterocycles. The van der Waals surface area contributed by atoms with Gasteiger partial charge >= 0.3 is 0 Å². The van der Waals surface area contributed by atoms with Gasteiger partial charge in [0, 0.05) is 23.9 Å². The highest BCUT2D eigenvalue weighted by molar-refractivity contribution is 7.99. The van der Waals surface area contributed by atoms with Crippen LogP contribution < -0.4 is 5.32 Å². The molecule has 2 amide bonds. The highest BCUT2D eigenvalue weighted by atomic mass is 35.5. The predicted octanol–water partition coefficient (Wildman–Crippen LogP) is 5.82. The van der Waals surface area contributed by atoms with Gasteiger partial charge in [-0.15, -0.1) is 11.8 Å². The number of halogens is 3. The molecule has 1 N–H and O–H groups in total. The molecule has 8 heteroatoms. The van der Waals surface area contributed by atoms with Crippen LogP contribution in [0, 0.1) is 0 Å². The largest absolute Gasteiger partial charge is 0.354 e. The smallest absolute Gasteiger partial charge is 0.242 e. The minimum Gasteiger partial charge on any atom is -0.354 e. The molecule has 0 saturated heterocycles. The van der Waals surface area contributed by atoms with E-state index in [9.17, 15) is 9.59 Å². The fourth-order valence-electron chi connectivity index (χ4n) is 2.76. The van der Waals surface area contributed by atoms with E-state index in [1.165, 1.54) is 11.8 Å². The van der Waals surface area contributed by atoms with Crippen LogP contribution in [-0.2, 0) is 21.9 Å². The van der Waals surface area contributed by atoms with Crippen LogP contribution in [0.4, 0.5) is 0 Å². The van der Waals surface area contributed by atoms with Crippen molar-refractivity contribution in [3.8, 4) is 0 Å². The van der Waals surface area contributed by atoms with Gasteiger partial charge in [-0.25, -0.2) is 0 Å². The monoisotopic (exact) mass is 486 g/mol. The number of amides is 2. The Labute approximate surface area is 197 Å². The Morgan fingerprint density at radius 1 is 1.07 bits per heavy atom. The number of nitrogens with zero attached hydrogens (tertiary/aromatic N) is 1. The summed E-state index contributed by atoms with van der Waals surface area (Å²) in [5.41, 5.74) is 1.78. The van der Waals surface area contributed by atoms with Crippen molar-refractivity contribution in [2.75, 3.05) is 12.3 Å². The summed E-state index contributed by atoms with van der Waals surface area (Å²) in [6, 6.07) is 12.2. The Morgan fingerprint density at radius 3 is 2.47 bits per heavy atom. The molecule has 1 unspecified atom stereocenters. The topological polar surface area (TPSA) is 49.4 Å². The highest BCUT2D eigenvalue weighted by Gasteiger charge is 2.26. The summed E-state index contributed by atoms with van der Waals surface area (Å²) in [6.45, 7) is 4.57. The molecule has 30 heavy (non-hydrogen) atoms. The lowest BCUT2D eigenvalue weighted by Gasteiger charge is -2.29. The number of rotatable bonds is 10. The lowest BCUT2D eigenvalue weighted by Crippen LogP contribution is -2.48. The van der Waals surface area contributed by atoms with Gasteiger partial charge in [-0.05, 0) is 42.7 Å². The first-order chi connectivity index (χ1) is 14.3. The first-order valence-electron chi connectivity index (χ1n) is 9.65. The Morgan fingerprint density at radius 2 is 1.80 bits per heavy atom. The molecular formula is C22H25Cl3N2O2S. The first-order valence-corrected chi connectivity index (χ1v) is 11.9. The minimum absolute atomic E-state index is 0.126. The quantitative estimate of drug-likeness (QED) is 0.459. The average molecular weight is 488 g/mol. The van der Waals surface area contributed by atoms with Crippen molar-refractivity contribution in [2.24, 2.45) is 0 Å². The highest BCUT2D eigenvalue weighted by Crippen LogP contribution is 2.25. The molecule has 0 aliphatic rings. The van der Waals surface area contributed by atoms with E-state index in [1.807, 2.05) is 31.2 Å². The van der Waals surface area contributed by atoms with Crippen molar-refractivity contribution in [3.63, 3.8) is 0 Å². The zero-order valence-electron chi connectivity index (χ0n) is 17.0. The van der Waals surface area contributed by atoms with Gasteiger partial charge in [-0.3, -0.25) is 9.59 Å². The maximum absolute atomic E-state index is 13.0. The Hall–Kier alpha value is -1.40. The molecule has 0 bridgehead atoms. The van der Waals surface area contributed by atoms with Crippen LogP contribution in [0.25, 0.3) is 0 Å². The lowest BCUT2D eigenvalue weighted by molar-refractivity contribution is -0.138. The van der Waals surface area contributed by atoms with E-state index in [0.29, 0.717) is 27.4 Å². The molecule has 2 aromatic carbocycles. The van der Waals surface area contributed by atoms with E-state index >= 15 is 0 Å². The molecule has 0 aliphatic heterocycles. The maximum Gasteiger partial charge on any atom is 0.242 e. The van der Waals surface area contributed by atoms with Crippen LogP contribution in [-0.4, -0.2) is 35.1 Å². The molecule has 0 spiro atoms. The molecule has 0 aliphatic carbocycles. The third kappa shape index (κ3) is 7.38. The van der Waals surface area contributed by atoms with E-state index in [-0.39, 0.29) is 24.1 Å². The summed E-state index contributed by atoms with van der Waals surface area (Å²) in [7, 11) is 0. The van der Waals surface area contributed by atoms with Crippen LogP contribution in [0.2, 0.25) is 15.1 Å². The zero-order chi connectivity index (χ0) is 22.1. The molecule has 162 valence electrons. The molecule has 1 atom stereocenters. The average Bonchev–Trinajstić information content (AvgIpc) is 2.73. The second-order valence-electron chi connectivity index (χ2n) is 6.82. The van der Waals surface area contributed by atoms with Gasteiger partial charge in [-0.1, -0.05) is 66.0 Å². The van der Waals surface area contributed by atoms with E-state index < -0.39 is 6.04 Å². The summed E-state index contributed by atoms with van der Waals surface area (Å²) >= 11 is 19.8. The van der Waals surface area contributed by atoms with Gasteiger partial charge in [0.2, 0.25) is 11.8 Å². The second kappa shape index (κ2) is 12.5. The zero-order valence-corrected chi connectivity index (χ0v) is 20.0. The molecule has 4 nitrogen and oxygen atoms in total. The maximum atomic E-state index is 13.0. The van der Waals surface area contributed by atoms with E-state index in [0.717, 1.165) is 17.5 Å². The van der Waals surface area contributed by atoms with Gasteiger partial charge in [0.25, 0.3) is 0 Å². The van der Waals surface area contributed by atoms with Crippen molar-refractivity contribution in [3.05, 3.63) is 68.7 Å². The lowest BCUT2D eigenvalue weighted by atomic mass is 10.1. The fourth-order valence-corrected chi connectivity index (χ4v) is 4.13. The number of nitrogens with one attached hydrogen (secondary N) is 1. The van der Waals surface area contributed by atoms with Crippen molar-refractivity contribution in [1.29, 1.82) is 0 Å². The standard InChI is InChI=1S/C22H25Cl3N2O2S/c1-3-10-26-22(29)15(2)27(12-17-6-4-5-7-18(17)23)21(28)14-30-13-16-8-9-19(24)20(25)11-16/h4-9,11,15H,3,10,12-14H2,1-2H3,(H,26,29). The van der Waals surface area contributed by atoms with E-state index in [2.05, 4.69) is 5.32 Å². The van der Waals surface area contributed by atoms with Crippen LogP contribution >= 0.6 is 46.6 Å². The van der Waals surface area contributed by atoms with Crippen molar-refractivity contribution >= 4 is 58.4 Å². The Kier molecular flexibility index (Phi) is 10.3. The number of benzene rings is 2. The molecule has 0 aromatic heterocycles. The third-order valence-corrected chi connectivity index (χ3v) is 6.59. The van der Waals surface area contributed by atoms with Gasteiger partial charge in [0.1, 0.15) is 6.04 Å². The van der Waals surface area contributed by atoms with Crippen molar-refractivity contribution in [2.45, 2.75) is 38.6 Å². The SMILES string of the molecule is CCCNC(=O)C(C)N(Cc1ccccc1Cl)C(=O)CSCc1ccc(Cl)c(Cl)c1. The summed E-state index contributed by atoms with van der Waals surface area (Å²) in [5.74, 6) is 0.542. The summed E-state index contributed by atoms with van der Waals surface area (Å²) in [4.78, 5) is 27.1. The van der Waals surface area contributed by atoms with Gasteiger partial charge in [-0.2, -0.15) is 0 Å². The van der Waals surface area contributed by atoms with Crippen molar-refractivity contribution in [1.82, 2.24) is 10.2 Å². The summed E-state index contributed by atoms with van der Waals surface area (Å²) in [5, 5.41) is 4.42. The Bertz CT molecular complexity index is 879. The van der Waals surface area contributed by atoms with Crippen LogP contribution in [0.5, 0.6) is 0 Å². The van der Waals surface area contributed by atoms with Gasteiger partial charge in [0.15, 0.2) is 0 Å². The van der Waals surface area contributed by atoms with Crippen LogP contribution in [0.1, 0.15) is 31.4 Å². The summed E-state index contributed by atoms with van der Waals surface area (Å²) < 4.78 is 0. The predicted molar refractivity (Wildman–Crippen MR) is 127 cm³/mol. The third-order valence-electron chi connectivity index (χ3n) is 4.49. The normalized spacial score (nSPS) is 11.8. The van der Waals surface area contributed by atoms with Crippen LogP contribution in [0.15, 0.2) is 42.5 Å². The number of thioether (sulfide) groups is 1. The molecule has 0 fully saturated rings. The second-order valence-corrected chi connectivity index (χ2v) is 9.03. The number of hydrogen-bond donors (Lipinski definition) is 1. The number of hydrogen-bond acceptors (Lipinski definition) is 3. The number of carbonyl (C=O) groups is 2. The molecule has 0 radical (unpaired) electrons. The van der Waals surface area contributed by atoms with Gasteiger partial charge in [0.05, 0.1) is 15.8 Å². The molecule has 2 aromatic rings. The number of carbonyl (C=O) groups excluding carboxylic acids is 2.